The molecule has 0 fully saturated rings. The van der Waals surface area contributed by atoms with Gasteiger partial charge in [0.1, 0.15) is 11.5 Å². The molecule has 5 heteroatoms. The normalized spacial score (nSPS) is 11.8. The third-order valence-electron chi connectivity index (χ3n) is 2.45. The minimum absolute atomic E-state index is 0.0709. The van der Waals surface area contributed by atoms with Crippen molar-refractivity contribution in [1.29, 1.82) is 0 Å². The molecule has 0 saturated heterocycles. The van der Waals surface area contributed by atoms with Crippen LogP contribution in [0.1, 0.15) is 17.3 Å². The van der Waals surface area contributed by atoms with Crippen LogP contribution in [0.3, 0.4) is 0 Å². The fourth-order valence-corrected chi connectivity index (χ4v) is 1.58. The minimum Gasteiger partial charge on any atom is -0.497 e. The zero-order valence-corrected chi connectivity index (χ0v) is 11.1. The van der Waals surface area contributed by atoms with Crippen LogP contribution in [0.5, 0.6) is 11.5 Å². The van der Waals surface area contributed by atoms with Gasteiger partial charge in [0, 0.05) is 13.2 Å². The topological polar surface area (TPSA) is 56.8 Å². The number of amides is 1. The second-order valence-electron chi connectivity index (χ2n) is 3.90. The summed E-state index contributed by atoms with van der Waals surface area (Å²) < 4.78 is 15.2. The number of hydrogen-bond donors (Lipinski definition) is 1. The van der Waals surface area contributed by atoms with Gasteiger partial charge in [-0.05, 0) is 25.1 Å². The molecule has 1 N–H and O–H groups in total. The molecule has 5 nitrogen and oxygen atoms in total. The molecule has 100 valence electrons. The van der Waals surface area contributed by atoms with E-state index in [2.05, 4.69) is 5.32 Å². The summed E-state index contributed by atoms with van der Waals surface area (Å²) >= 11 is 0. The zero-order chi connectivity index (χ0) is 13.5. The van der Waals surface area contributed by atoms with Crippen LogP contribution in [-0.2, 0) is 4.74 Å². The average molecular weight is 253 g/mol. The van der Waals surface area contributed by atoms with Crippen LogP contribution >= 0.6 is 0 Å². The van der Waals surface area contributed by atoms with Crippen LogP contribution in [0, 0.1) is 0 Å². The third-order valence-corrected chi connectivity index (χ3v) is 2.45. The Kier molecular flexibility index (Phi) is 5.45. The monoisotopic (exact) mass is 253 g/mol. The number of hydrogen-bond acceptors (Lipinski definition) is 4. The van der Waals surface area contributed by atoms with E-state index in [4.69, 9.17) is 14.2 Å². The Hall–Kier alpha value is -1.75. The Morgan fingerprint density at radius 3 is 2.56 bits per heavy atom. The summed E-state index contributed by atoms with van der Waals surface area (Å²) in [6.07, 6.45) is 0. The van der Waals surface area contributed by atoms with Crippen LogP contribution < -0.4 is 14.8 Å². The molecule has 0 saturated carbocycles. The van der Waals surface area contributed by atoms with Crippen molar-refractivity contribution in [1.82, 2.24) is 5.32 Å². The second kappa shape index (κ2) is 6.86. The summed E-state index contributed by atoms with van der Waals surface area (Å²) in [4.78, 5) is 12.1. The number of carbonyl (C=O) groups excluding carboxylic acids is 1. The van der Waals surface area contributed by atoms with Gasteiger partial charge in [-0.3, -0.25) is 4.79 Å². The summed E-state index contributed by atoms with van der Waals surface area (Å²) in [5.41, 5.74) is 0.444. The molecule has 1 aromatic carbocycles. The first-order chi connectivity index (χ1) is 8.62. The summed E-state index contributed by atoms with van der Waals surface area (Å²) in [6.45, 7) is 2.33. The van der Waals surface area contributed by atoms with Gasteiger partial charge < -0.3 is 19.5 Å². The molecule has 0 unspecified atom stereocenters. The molecule has 0 spiro atoms. The fourth-order valence-electron chi connectivity index (χ4n) is 1.58. The molecule has 1 atom stereocenters. The quantitative estimate of drug-likeness (QED) is 0.834. The molecule has 0 aromatic heterocycles. The number of carbonyl (C=O) groups is 1. The van der Waals surface area contributed by atoms with E-state index in [0.29, 0.717) is 23.7 Å². The molecular weight excluding hydrogens is 234 g/mol. The van der Waals surface area contributed by atoms with Gasteiger partial charge in [-0.2, -0.15) is 0 Å². The van der Waals surface area contributed by atoms with Gasteiger partial charge in [-0.1, -0.05) is 0 Å². The van der Waals surface area contributed by atoms with Crippen molar-refractivity contribution in [3.8, 4) is 11.5 Å². The molecule has 18 heavy (non-hydrogen) atoms. The minimum atomic E-state index is -0.213. The van der Waals surface area contributed by atoms with Gasteiger partial charge in [-0.15, -0.1) is 0 Å². The maximum absolute atomic E-state index is 12.1. The predicted molar refractivity (Wildman–Crippen MR) is 68.4 cm³/mol. The summed E-state index contributed by atoms with van der Waals surface area (Å²) in [6, 6.07) is 5.02. The van der Waals surface area contributed by atoms with E-state index in [1.165, 1.54) is 7.11 Å². The van der Waals surface area contributed by atoms with Crippen molar-refractivity contribution in [2.24, 2.45) is 0 Å². The van der Waals surface area contributed by atoms with Gasteiger partial charge in [0.25, 0.3) is 5.91 Å². The first-order valence-corrected chi connectivity index (χ1v) is 5.64. The first kappa shape index (κ1) is 14.3. The van der Waals surface area contributed by atoms with E-state index in [1.54, 1.807) is 32.4 Å². The van der Waals surface area contributed by atoms with Crippen LogP contribution in [0.4, 0.5) is 0 Å². The van der Waals surface area contributed by atoms with Crippen LogP contribution in [0.2, 0.25) is 0 Å². The number of benzene rings is 1. The van der Waals surface area contributed by atoms with E-state index in [1.807, 2.05) is 6.92 Å². The van der Waals surface area contributed by atoms with Crippen LogP contribution in [0.15, 0.2) is 18.2 Å². The zero-order valence-electron chi connectivity index (χ0n) is 11.1. The Morgan fingerprint density at radius 2 is 2.00 bits per heavy atom. The van der Waals surface area contributed by atoms with Crippen LogP contribution in [0.25, 0.3) is 0 Å². The SMILES string of the molecule is COC[C@@H](C)NC(=O)c1cc(OC)ccc1OC. The lowest BCUT2D eigenvalue weighted by Crippen LogP contribution is -2.35. The fraction of sp³-hybridized carbons (Fsp3) is 0.462. The van der Waals surface area contributed by atoms with E-state index in [-0.39, 0.29) is 11.9 Å². The maximum Gasteiger partial charge on any atom is 0.255 e. The molecule has 1 aromatic rings. The van der Waals surface area contributed by atoms with E-state index in [9.17, 15) is 4.79 Å². The lowest BCUT2D eigenvalue weighted by molar-refractivity contribution is 0.0902. The molecule has 0 bridgehead atoms. The van der Waals surface area contributed by atoms with E-state index >= 15 is 0 Å². The second-order valence-corrected chi connectivity index (χ2v) is 3.90. The summed E-state index contributed by atoms with van der Waals surface area (Å²) in [5.74, 6) is 0.911. The molecule has 0 heterocycles. The Labute approximate surface area is 107 Å². The van der Waals surface area contributed by atoms with Gasteiger partial charge in [0.05, 0.1) is 26.4 Å². The van der Waals surface area contributed by atoms with Gasteiger partial charge in [0.2, 0.25) is 0 Å². The highest BCUT2D eigenvalue weighted by atomic mass is 16.5. The molecule has 0 radical (unpaired) electrons. The van der Waals surface area contributed by atoms with Crippen molar-refractivity contribution in [2.75, 3.05) is 27.9 Å². The van der Waals surface area contributed by atoms with Crippen molar-refractivity contribution in [2.45, 2.75) is 13.0 Å². The summed E-state index contributed by atoms with van der Waals surface area (Å²) in [5, 5.41) is 2.82. The molecule has 1 rings (SSSR count). The van der Waals surface area contributed by atoms with Crippen molar-refractivity contribution < 1.29 is 19.0 Å². The summed E-state index contributed by atoms with van der Waals surface area (Å²) in [7, 11) is 4.67. The molecule has 0 aliphatic rings. The Balaban J connectivity index is 2.88. The van der Waals surface area contributed by atoms with E-state index < -0.39 is 0 Å². The Bertz CT molecular complexity index is 406. The largest absolute Gasteiger partial charge is 0.497 e. The molecular formula is C13H19NO4. The molecule has 1 amide bonds. The lowest BCUT2D eigenvalue weighted by atomic mass is 10.1. The van der Waals surface area contributed by atoms with Crippen LogP contribution in [-0.4, -0.2) is 39.9 Å². The van der Waals surface area contributed by atoms with Crippen molar-refractivity contribution in [3.63, 3.8) is 0 Å². The van der Waals surface area contributed by atoms with Gasteiger partial charge in [-0.25, -0.2) is 0 Å². The number of methoxy groups -OCH3 is 3. The van der Waals surface area contributed by atoms with Gasteiger partial charge >= 0.3 is 0 Å². The third kappa shape index (κ3) is 3.63. The number of rotatable bonds is 6. The van der Waals surface area contributed by atoms with Crippen molar-refractivity contribution in [3.05, 3.63) is 23.8 Å². The standard InChI is InChI=1S/C13H19NO4/c1-9(8-16-2)14-13(15)11-7-10(17-3)5-6-12(11)18-4/h5-7,9H,8H2,1-4H3,(H,14,15)/t9-/m1/s1. The number of nitrogens with one attached hydrogen (secondary N) is 1. The smallest absolute Gasteiger partial charge is 0.255 e. The first-order valence-electron chi connectivity index (χ1n) is 5.64. The maximum atomic E-state index is 12.1. The lowest BCUT2D eigenvalue weighted by Gasteiger charge is -2.15. The highest BCUT2D eigenvalue weighted by molar-refractivity contribution is 5.97. The highest BCUT2D eigenvalue weighted by Gasteiger charge is 2.15. The van der Waals surface area contributed by atoms with Gasteiger partial charge in [0.15, 0.2) is 0 Å². The van der Waals surface area contributed by atoms with E-state index in [0.717, 1.165) is 0 Å². The Morgan fingerprint density at radius 1 is 1.28 bits per heavy atom. The average Bonchev–Trinajstić information content (AvgIpc) is 2.38. The molecule has 0 aliphatic heterocycles. The number of ether oxygens (including phenoxy) is 3. The van der Waals surface area contributed by atoms with Crippen molar-refractivity contribution >= 4 is 5.91 Å². The predicted octanol–water partition coefficient (Wildman–Crippen LogP) is 1.47. The molecule has 0 aliphatic carbocycles. The highest BCUT2D eigenvalue weighted by Crippen LogP contribution is 2.23.